The van der Waals surface area contributed by atoms with Crippen molar-refractivity contribution in [3.8, 4) is 11.1 Å². The molecule has 0 bridgehead atoms. The molecule has 2 aromatic carbocycles. The summed E-state index contributed by atoms with van der Waals surface area (Å²) in [5.41, 5.74) is 3.04. The molecule has 0 atom stereocenters. The molecule has 0 aliphatic rings. The topological polar surface area (TPSA) is 17.1 Å². The van der Waals surface area contributed by atoms with Crippen molar-refractivity contribution in [2.24, 2.45) is 5.92 Å². The molecule has 1 nitrogen and oxygen atoms in total. The third-order valence-electron chi connectivity index (χ3n) is 3.25. The molecule has 0 N–H and O–H groups in total. The van der Waals surface area contributed by atoms with Crippen LogP contribution in [0, 0.1) is 11.7 Å². The minimum absolute atomic E-state index is 0.0513. The Hall–Kier alpha value is -1.96. The molecule has 0 fully saturated rings. The third-order valence-corrected chi connectivity index (χ3v) is 3.25. The zero-order valence-electron chi connectivity index (χ0n) is 12.1. The Morgan fingerprint density at radius 1 is 1.15 bits per heavy atom. The van der Waals surface area contributed by atoms with Gasteiger partial charge in [0.2, 0.25) is 0 Å². The lowest BCUT2D eigenvalue weighted by atomic mass is 9.96. The summed E-state index contributed by atoms with van der Waals surface area (Å²) < 4.78 is 14.0. The van der Waals surface area contributed by atoms with Gasteiger partial charge in [0.05, 0.1) is 0 Å². The van der Waals surface area contributed by atoms with Gasteiger partial charge in [-0.25, -0.2) is 4.39 Å². The van der Waals surface area contributed by atoms with Crippen molar-refractivity contribution in [1.82, 2.24) is 0 Å². The van der Waals surface area contributed by atoms with Gasteiger partial charge in [-0.2, -0.15) is 0 Å². The van der Waals surface area contributed by atoms with Gasteiger partial charge in [-0.3, -0.25) is 4.79 Å². The number of rotatable bonds is 4. The van der Waals surface area contributed by atoms with Crippen LogP contribution in [0.4, 0.5) is 4.39 Å². The lowest BCUT2D eigenvalue weighted by Crippen LogP contribution is -1.96. The van der Waals surface area contributed by atoms with Crippen molar-refractivity contribution in [1.29, 1.82) is 0 Å². The van der Waals surface area contributed by atoms with E-state index in [0.29, 0.717) is 17.0 Å². The van der Waals surface area contributed by atoms with Gasteiger partial charge in [-0.1, -0.05) is 38.1 Å². The first-order valence-electron chi connectivity index (χ1n) is 6.87. The summed E-state index contributed by atoms with van der Waals surface area (Å²) in [4.78, 5) is 11.4. The maximum atomic E-state index is 14.0. The molecule has 0 unspecified atom stereocenters. The van der Waals surface area contributed by atoms with Crippen LogP contribution in [0.1, 0.15) is 36.7 Å². The lowest BCUT2D eigenvalue weighted by molar-refractivity contribution is 0.101. The summed E-state index contributed by atoms with van der Waals surface area (Å²) in [6, 6.07) is 12.4. The smallest absolute Gasteiger partial charge is 0.159 e. The number of ketones is 1. The molecule has 0 heterocycles. The van der Waals surface area contributed by atoms with Crippen molar-refractivity contribution < 1.29 is 9.18 Å². The third kappa shape index (κ3) is 3.32. The molecule has 2 aromatic rings. The van der Waals surface area contributed by atoms with Gasteiger partial charge in [0.25, 0.3) is 0 Å². The van der Waals surface area contributed by atoms with Gasteiger partial charge in [-0.15, -0.1) is 0 Å². The van der Waals surface area contributed by atoms with Crippen LogP contribution < -0.4 is 0 Å². The Morgan fingerprint density at radius 2 is 1.90 bits per heavy atom. The second kappa shape index (κ2) is 6.00. The fourth-order valence-corrected chi connectivity index (χ4v) is 2.30. The number of Topliss-reactive ketones (excluding diaryl/α,β-unsaturated/α-hetero) is 1. The van der Waals surface area contributed by atoms with Crippen LogP contribution in [0.3, 0.4) is 0 Å². The molecule has 0 amide bonds. The van der Waals surface area contributed by atoms with Crippen LogP contribution in [0.15, 0.2) is 42.5 Å². The van der Waals surface area contributed by atoms with Gasteiger partial charge >= 0.3 is 0 Å². The highest BCUT2D eigenvalue weighted by Gasteiger charge is 2.09. The largest absolute Gasteiger partial charge is 0.295 e. The molecule has 0 radical (unpaired) electrons. The van der Waals surface area contributed by atoms with E-state index in [0.717, 1.165) is 12.0 Å². The van der Waals surface area contributed by atoms with Crippen molar-refractivity contribution in [2.45, 2.75) is 27.2 Å². The van der Waals surface area contributed by atoms with E-state index in [4.69, 9.17) is 0 Å². The zero-order chi connectivity index (χ0) is 14.7. The summed E-state index contributed by atoms with van der Waals surface area (Å²) >= 11 is 0. The van der Waals surface area contributed by atoms with Gasteiger partial charge in [0.15, 0.2) is 5.78 Å². The van der Waals surface area contributed by atoms with Crippen molar-refractivity contribution in [3.05, 3.63) is 59.4 Å². The molecule has 0 saturated carbocycles. The normalized spacial score (nSPS) is 10.8. The molecule has 0 aromatic heterocycles. The monoisotopic (exact) mass is 270 g/mol. The first-order chi connectivity index (χ1) is 9.47. The second-order valence-corrected chi connectivity index (χ2v) is 5.55. The van der Waals surface area contributed by atoms with Crippen LogP contribution in [-0.2, 0) is 6.42 Å². The average Bonchev–Trinajstić information content (AvgIpc) is 2.38. The van der Waals surface area contributed by atoms with E-state index in [1.54, 1.807) is 6.07 Å². The highest BCUT2D eigenvalue weighted by atomic mass is 19.1. The van der Waals surface area contributed by atoms with Crippen LogP contribution in [-0.4, -0.2) is 5.78 Å². The van der Waals surface area contributed by atoms with Crippen molar-refractivity contribution >= 4 is 5.78 Å². The van der Waals surface area contributed by atoms with Gasteiger partial charge in [-0.05, 0) is 48.6 Å². The minimum Gasteiger partial charge on any atom is -0.295 e. The molecule has 0 saturated heterocycles. The van der Waals surface area contributed by atoms with Crippen LogP contribution in [0.25, 0.3) is 11.1 Å². The molecule has 0 spiro atoms. The molecule has 0 aliphatic carbocycles. The van der Waals surface area contributed by atoms with Gasteiger partial charge in [0.1, 0.15) is 5.82 Å². The first-order valence-corrected chi connectivity index (χ1v) is 6.87. The van der Waals surface area contributed by atoms with E-state index >= 15 is 0 Å². The molecule has 2 rings (SSSR count). The Balaban J connectivity index is 2.45. The number of benzene rings is 2. The molecular weight excluding hydrogens is 251 g/mol. The Bertz CT molecular complexity index is 629. The minimum atomic E-state index is -0.295. The standard InChI is InChI=1S/C18H19FO/c1-12(2)9-14-5-4-6-16(10-14)17-11-15(13(3)20)7-8-18(17)19/h4-8,10-12H,9H2,1-3H3. The van der Waals surface area contributed by atoms with E-state index in [-0.39, 0.29) is 11.6 Å². The van der Waals surface area contributed by atoms with Gasteiger partial charge < -0.3 is 0 Å². The summed E-state index contributed by atoms with van der Waals surface area (Å²) in [6.07, 6.45) is 0.960. The predicted octanol–water partition coefficient (Wildman–Crippen LogP) is 4.89. The van der Waals surface area contributed by atoms with Crippen LogP contribution in [0.5, 0.6) is 0 Å². The quantitative estimate of drug-likeness (QED) is 0.723. The van der Waals surface area contributed by atoms with Crippen molar-refractivity contribution in [2.75, 3.05) is 0 Å². The first kappa shape index (κ1) is 14.4. The number of halogens is 1. The maximum Gasteiger partial charge on any atom is 0.159 e. The predicted molar refractivity (Wildman–Crippen MR) is 80.4 cm³/mol. The molecule has 0 aliphatic heterocycles. The highest BCUT2D eigenvalue weighted by Crippen LogP contribution is 2.26. The van der Waals surface area contributed by atoms with Crippen LogP contribution in [0.2, 0.25) is 0 Å². The zero-order valence-corrected chi connectivity index (χ0v) is 12.1. The summed E-state index contributed by atoms with van der Waals surface area (Å²) in [7, 11) is 0. The fraction of sp³-hybridized carbons (Fsp3) is 0.278. The Labute approximate surface area is 119 Å². The maximum absolute atomic E-state index is 14.0. The van der Waals surface area contributed by atoms with Crippen LogP contribution >= 0.6 is 0 Å². The SMILES string of the molecule is CC(=O)c1ccc(F)c(-c2cccc(CC(C)C)c2)c1. The molecule has 2 heteroatoms. The Morgan fingerprint density at radius 3 is 2.55 bits per heavy atom. The average molecular weight is 270 g/mol. The van der Waals surface area contributed by atoms with E-state index in [9.17, 15) is 9.18 Å². The van der Waals surface area contributed by atoms with E-state index in [1.165, 1.54) is 24.6 Å². The molecule has 104 valence electrons. The number of hydrogen-bond donors (Lipinski definition) is 0. The number of carbonyl (C=O) groups excluding carboxylic acids is 1. The van der Waals surface area contributed by atoms with E-state index in [1.807, 2.05) is 18.2 Å². The van der Waals surface area contributed by atoms with Gasteiger partial charge in [0, 0.05) is 11.1 Å². The number of carbonyl (C=O) groups is 1. The summed E-state index contributed by atoms with van der Waals surface area (Å²) in [6.45, 7) is 5.81. The molecular formula is C18H19FO. The summed E-state index contributed by atoms with van der Waals surface area (Å²) in [5, 5.41) is 0. The number of hydrogen-bond acceptors (Lipinski definition) is 1. The van der Waals surface area contributed by atoms with E-state index < -0.39 is 0 Å². The Kier molecular flexibility index (Phi) is 4.33. The second-order valence-electron chi connectivity index (χ2n) is 5.55. The van der Waals surface area contributed by atoms with Crippen molar-refractivity contribution in [3.63, 3.8) is 0 Å². The van der Waals surface area contributed by atoms with E-state index in [2.05, 4.69) is 19.9 Å². The highest BCUT2D eigenvalue weighted by molar-refractivity contribution is 5.95. The molecule has 20 heavy (non-hydrogen) atoms. The summed E-state index contributed by atoms with van der Waals surface area (Å²) in [5.74, 6) is 0.208. The lowest BCUT2D eigenvalue weighted by Gasteiger charge is -2.09. The fourth-order valence-electron chi connectivity index (χ4n) is 2.30.